The van der Waals surface area contributed by atoms with E-state index in [2.05, 4.69) is 10.2 Å². The lowest BCUT2D eigenvalue weighted by Gasteiger charge is -2.08. The maximum Gasteiger partial charge on any atom is 0.238 e. The van der Waals surface area contributed by atoms with Gasteiger partial charge in [-0.05, 0) is 30.2 Å². The minimum Gasteiger partial charge on any atom is -0.225 e. The van der Waals surface area contributed by atoms with E-state index >= 15 is 0 Å². The third-order valence-corrected chi connectivity index (χ3v) is 3.88. The SMILES string of the molecule is CCc1ccc(-c2ccc(Cl)nn2)cc1S(N)(=O)=O. The fourth-order valence-electron chi connectivity index (χ4n) is 1.74. The maximum atomic E-state index is 11.6. The first-order valence-electron chi connectivity index (χ1n) is 5.57. The Hall–Kier alpha value is -1.50. The van der Waals surface area contributed by atoms with Gasteiger partial charge in [0, 0.05) is 5.56 Å². The van der Waals surface area contributed by atoms with Crippen LogP contribution in [0.15, 0.2) is 35.2 Å². The summed E-state index contributed by atoms with van der Waals surface area (Å²) in [5, 5.41) is 13.1. The number of rotatable bonds is 3. The third kappa shape index (κ3) is 3.09. The van der Waals surface area contributed by atoms with Crippen molar-refractivity contribution in [2.24, 2.45) is 5.14 Å². The van der Waals surface area contributed by atoms with E-state index in [9.17, 15) is 8.42 Å². The summed E-state index contributed by atoms with van der Waals surface area (Å²) in [6, 6.07) is 8.28. The van der Waals surface area contributed by atoms with Gasteiger partial charge < -0.3 is 0 Å². The number of nitrogens with two attached hydrogens (primary N) is 1. The molecule has 0 fully saturated rings. The molecular formula is C12H12ClN3O2S. The molecule has 2 aromatic rings. The molecule has 2 rings (SSSR count). The fraction of sp³-hybridized carbons (Fsp3) is 0.167. The first-order valence-corrected chi connectivity index (χ1v) is 7.49. The number of hydrogen-bond donors (Lipinski definition) is 1. The van der Waals surface area contributed by atoms with E-state index in [1.807, 2.05) is 6.92 Å². The number of benzene rings is 1. The lowest BCUT2D eigenvalue weighted by Crippen LogP contribution is -2.14. The highest BCUT2D eigenvalue weighted by atomic mass is 35.5. The molecule has 5 nitrogen and oxygen atoms in total. The van der Waals surface area contributed by atoms with Crippen molar-refractivity contribution in [3.05, 3.63) is 41.0 Å². The van der Waals surface area contributed by atoms with Gasteiger partial charge in [-0.1, -0.05) is 30.7 Å². The molecule has 0 saturated carbocycles. The van der Waals surface area contributed by atoms with Crippen LogP contribution in [0.2, 0.25) is 5.15 Å². The molecular weight excluding hydrogens is 286 g/mol. The molecule has 7 heteroatoms. The molecule has 1 aromatic carbocycles. The number of halogens is 1. The van der Waals surface area contributed by atoms with Crippen molar-refractivity contribution in [3.63, 3.8) is 0 Å². The Kier molecular flexibility index (Phi) is 3.84. The summed E-state index contributed by atoms with van der Waals surface area (Å²) in [5.41, 5.74) is 1.84. The molecule has 0 amide bonds. The van der Waals surface area contributed by atoms with Crippen molar-refractivity contribution in [1.29, 1.82) is 0 Å². The molecule has 100 valence electrons. The van der Waals surface area contributed by atoms with Gasteiger partial charge in [0.05, 0.1) is 10.6 Å². The maximum absolute atomic E-state index is 11.6. The van der Waals surface area contributed by atoms with Crippen LogP contribution >= 0.6 is 11.6 Å². The van der Waals surface area contributed by atoms with Crippen LogP contribution in [-0.2, 0) is 16.4 Å². The van der Waals surface area contributed by atoms with Gasteiger partial charge in [-0.25, -0.2) is 13.6 Å². The molecule has 0 aliphatic rings. The smallest absolute Gasteiger partial charge is 0.225 e. The van der Waals surface area contributed by atoms with Crippen LogP contribution in [0.25, 0.3) is 11.3 Å². The summed E-state index contributed by atoms with van der Waals surface area (Å²) in [5.74, 6) is 0. The zero-order valence-corrected chi connectivity index (χ0v) is 11.7. The monoisotopic (exact) mass is 297 g/mol. The van der Waals surface area contributed by atoms with Crippen LogP contribution in [0.4, 0.5) is 0 Å². The first-order chi connectivity index (χ1) is 8.91. The minimum absolute atomic E-state index is 0.115. The zero-order valence-electron chi connectivity index (χ0n) is 10.2. The van der Waals surface area contributed by atoms with Gasteiger partial charge in [-0.3, -0.25) is 0 Å². The molecule has 0 aliphatic heterocycles. The van der Waals surface area contributed by atoms with E-state index in [0.29, 0.717) is 23.2 Å². The number of aromatic nitrogens is 2. The average Bonchev–Trinajstić information content (AvgIpc) is 2.38. The lowest BCUT2D eigenvalue weighted by molar-refractivity contribution is 0.596. The molecule has 1 heterocycles. The molecule has 1 aromatic heterocycles. The Morgan fingerprint density at radius 2 is 1.95 bits per heavy atom. The second-order valence-corrected chi connectivity index (χ2v) is 5.88. The average molecular weight is 298 g/mol. The van der Waals surface area contributed by atoms with E-state index in [1.165, 1.54) is 6.07 Å². The van der Waals surface area contributed by atoms with E-state index in [4.69, 9.17) is 16.7 Å². The minimum atomic E-state index is -3.76. The normalized spacial score (nSPS) is 11.5. The third-order valence-electron chi connectivity index (χ3n) is 2.68. The second-order valence-electron chi connectivity index (χ2n) is 3.96. The Balaban J connectivity index is 2.58. The van der Waals surface area contributed by atoms with E-state index in [-0.39, 0.29) is 10.0 Å². The summed E-state index contributed by atoms with van der Waals surface area (Å²) < 4.78 is 23.1. The molecule has 0 saturated heterocycles. The molecule has 2 N–H and O–H groups in total. The van der Waals surface area contributed by atoms with Gasteiger partial charge in [0.25, 0.3) is 0 Å². The number of hydrogen-bond acceptors (Lipinski definition) is 4. The predicted octanol–water partition coefficient (Wildman–Crippen LogP) is 2.01. The summed E-state index contributed by atoms with van der Waals surface area (Å²) >= 11 is 5.66. The highest BCUT2D eigenvalue weighted by molar-refractivity contribution is 7.89. The van der Waals surface area contributed by atoms with Crippen molar-refractivity contribution < 1.29 is 8.42 Å². The van der Waals surface area contributed by atoms with Crippen LogP contribution < -0.4 is 5.14 Å². The van der Waals surface area contributed by atoms with Gasteiger partial charge in [0.15, 0.2) is 5.15 Å². The van der Waals surface area contributed by atoms with Crippen molar-refractivity contribution in [3.8, 4) is 11.3 Å². The number of primary sulfonamides is 1. The van der Waals surface area contributed by atoms with Crippen molar-refractivity contribution in [2.45, 2.75) is 18.2 Å². The number of sulfonamides is 1. The van der Waals surface area contributed by atoms with Gasteiger partial charge >= 0.3 is 0 Å². The van der Waals surface area contributed by atoms with Crippen LogP contribution in [0.5, 0.6) is 0 Å². The summed E-state index contributed by atoms with van der Waals surface area (Å²) in [6.07, 6.45) is 0.582. The highest BCUT2D eigenvalue weighted by Gasteiger charge is 2.14. The van der Waals surface area contributed by atoms with E-state index in [1.54, 1.807) is 24.3 Å². The van der Waals surface area contributed by atoms with Crippen molar-refractivity contribution in [1.82, 2.24) is 10.2 Å². The summed E-state index contributed by atoms with van der Waals surface area (Å²) in [7, 11) is -3.76. The summed E-state index contributed by atoms with van der Waals surface area (Å²) in [4.78, 5) is 0.115. The van der Waals surface area contributed by atoms with E-state index in [0.717, 1.165) is 0 Å². The van der Waals surface area contributed by atoms with Gasteiger partial charge in [0.1, 0.15) is 0 Å². The first kappa shape index (κ1) is 13.9. The molecule has 19 heavy (non-hydrogen) atoms. The fourth-order valence-corrected chi connectivity index (χ4v) is 2.71. The van der Waals surface area contributed by atoms with Crippen LogP contribution in [-0.4, -0.2) is 18.6 Å². The number of nitrogens with zero attached hydrogens (tertiary/aromatic N) is 2. The van der Waals surface area contributed by atoms with E-state index < -0.39 is 10.0 Å². The Morgan fingerprint density at radius 1 is 1.21 bits per heavy atom. The second kappa shape index (κ2) is 5.24. The molecule has 0 spiro atoms. The largest absolute Gasteiger partial charge is 0.238 e. The molecule has 0 radical (unpaired) electrons. The lowest BCUT2D eigenvalue weighted by atomic mass is 10.1. The van der Waals surface area contributed by atoms with Crippen LogP contribution in [0, 0.1) is 0 Å². The highest BCUT2D eigenvalue weighted by Crippen LogP contribution is 2.24. The summed E-state index contributed by atoms with van der Waals surface area (Å²) in [6.45, 7) is 1.87. The van der Waals surface area contributed by atoms with Gasteiger partial charge in [-0.2, -0.15) is 0 Å². The Labute approximate surface area is 116 Å². The predicted molar refractivity (Wildman–Crippen MR) is 73.2 cm³/mol. The van der Waals surface area contributed by atoms with Crippen LogP contribution in [0.3, 0.4) is 0 Å². The standard InChI is InChI=1S/C12H12ClN3O2S/c1-2-8-3-4-9(7-11(8)19(14,17)18)10-5-6-12(13)16-15-10/h3-7H,2H2,1H3,(H2,14,17,18). The molecule has 0 aliphatic carbocycles. The van der Waals surface area contributed by atoms with Crippen molar-refractivity contribution >= 4 is 21.6 Å². The Morgan fingerprint density at radius 3 is 2.47 bits per heavy atom. The topological polar surface area (TPSA) is 85.9 Å². The molecule has 0 atom stereocenters. The Bertz CT molecular complexity index is 699. The van der Waals surface area contributed by atoms with Gasteiger partial charge in [-0.15, -0.1) is 10.2 Å². The number of aryl methyl sites for hydroxylation is 1. The molecule has 0 unspecified atom stereocenters. The quantitative estimate of drug-likeness (QED) is 0.939. The zero-order chi connectivity index (χ0) is 14.0. The van der Waals surface area contributed by atoms with Crippen molar-refractivity contribution in [2.75, 3.05) is 0 Å². The van der Waals surface area contributed by atoms with Crippen LogP contribution in [0.1, 0.15) is 12.5 Å². The molecule has 0 bridgehead atoms. The van der Waals surface area contributed by atoms with Gasteiger partial charge in [0.2, 0.25) is 10.0 Å².